The van der Waals surface area contributed by atoms with Crippen molar-refractivity contribution in [3.05, 3.63) is 23.8 Å². The number of rotatable bonds is 5. The van der Waals surface area contributed by atoms with Crippen LogP contribution >= 0.6 is 0 Å². The predicted octanol–water partition coefficient (Wildman–Crippen LogP) is 3.40. The molecule has 3 heteroatoms. The predicted molar refractivity (Wildman–Crippen MR) is 77.9 cm³/mol. The van der Waals surface area contributed by atoms with E-state index >= 15 is 0 Å². The summed E-state index contributed by atoms with van der Waals surface area (Å²) in [5, 5.41) is 3.48. The first-order chi connectivity index (χ1) is 9.19. The van der Waals surface area contributed by atoms with Crippen LogP contribution in [0, 0.1) is 11.8 Å². The highest BCUT2D eigenvalue weighted by atomic mass is 16.5. The summed E-state index contributed by atoms with van der Waals surface area (Å²) in [4.78, 5) is 0. The third-order valence-electron chi connectivity index (χ3n) is 4.40. The molecule has 19 heavy (non-hydrogen) atoms. The molecule has 1 aliphatic carbocycles. The average molecular weight is 263 g/mol. The van der Waals surface area contributed by atoms with Crippen LogP contribution in [0.1, 0.15) is 37.8 Å². The molecule has 1 N–H and O–H groups in total. The maximum atomic E-state index is 5.37. The van der Waals surface area contributed by atoms with Gasteiger partial charge in [-0.15, -0.1) is 0 Å². The lowest BCUT2D eigenvalue weighted by Gasteiger charge is -2.27. The van der Waals surface area contributed by atoms with E-state index in [9.17, 15) is 0 Å². The molecule has 1 saturated carbocycles. The Bertz CT molecular complexity index is 397. The fourth-order valence-corrected chi connectivity index (χ4v) is 3.31. The SMILES string of the molecule is CNC(c1cc(OC)cc(OC)c1)C1CCCC1C. The van der Waals surface area contributed by atoms with Crippen molar-refractivity contribution in [2.24, 2.45) is 11.8 Å². The molecule has 1 aliphatic rings. The molecule has 0 spiro atoms. The molecule has 2 rings (SSSR count). The zero-order valence-corrected chi connectivity index (χ0v) is 12.4. The van der Waals surface area contributed by atoms with Crippen molar-refractivity contribution in [1.82, 2.24) is 5.32 Å². The number of ether oxygens (including phenoxy) is 2. The van der Waals surface area contributed by atoms with E-state index in [-0.39, 0.29) is 0 Å². The van der Waals surface area contributed by atoms with Crippen molar-refractivity contribution < 1.29 is 9.47 Å². The Morgan fingerprint density at radius 3 is 2.16 bits per heavy atom. The van der Waals surface area contributed by atoms with Gasteiger partial charge in [0.05, 0.1) is 14.2 Å². The molecule has 0 heterocycles. The van der Waals surface area contributed by atoms with Gasteiger partial charge in [0.25, 0.3) is 0 Å². The molecule has 0 aromatic heterocycles. The van der Waals surface area contributed by atoms with E-state index < -0.39 is 0 Å². The zero-order chi connectivity index (χ0) is 13.8. The van der Waals surface area contributed by atoms with Crippen LogP contribution in [-0.4, -0.2) is 21.3 Å². The molecule has 0 radical (unpaired) electrons. The van der Waals surface area contributed by atoms with Crippen molar-refractivity contribution >= 4 is 0 Å². The maximum absolute atomic E-state index is 5.37. The largest absolute Gasteiger partial charge is 0.497 e. The summed E-state index contributed by atoms with van der Waals surface area (Å²) in [6.45, 7) is 2.36. The Kier molecular flexibility index (Phi) is 4.70. The fraction of sp³-hybridized carbons (Fsp3) is 0.625. The molecule has 1 aromatic carbocycles. The molecule has 0 amide bonds. The lowest BCUT2D eigenvalue weighted by Crippen LogP contribution is -2.26. The molecule has 0 aliphatic heterocycles. The molecule has 0 bridgehead atoms. The van der Waals surface area contributed by atoms with Crippen molar-refractivity contribution in [3.8, 4) is 11.5 Å². The summed E-state index contributed by atoms with van der Waals surface area (Å²) in [6.07, 6.45) is 3.97. The summed E-state index contributed by atoms with van der Waals surface area (Å²) < 4.78 is 10.7. The van der Waals surface area contributed by atoms with Crippen molar-refractivity contribution in [1.29, 1.82) is 0 Å². The van der Waals surface area contributed by atoms with Gasteiger partial charge >= 0.3 is 0 Å². The third-order valence-corrected chi connectivity index (χ3v) is 4.40. The molecule has 3 unspecified atom stereocenters. The van der Waals surface area contributed by atoms with E-state index in [1.54, 1.807) is 14.2 Å². The van der Waals surface area contributed by atoms with E-state index in [2.05, 4.69) is 24.4 Å². The molecule has 1 aromatic rings. The van der Waals surface area contributed by atoms with Gasteiger partial charge in [0.15, 0.2) is 0 Å². The molecular weight excluding hydrogens is 238 g/mol. The summed E-state index contributed by atoms with van der Waals surface area (Å²) in [5.74, 6) is 3.19. The van der Waals surface area contributed by atoms with Crippen LogP contribution in [0.25, 0.3) is 0 Å². The number of hydrogen-bond acceptors (Lipinski definition) is 3. The highest BCUT2D eigenvalue weighted by Gasteiger charge is 2.31. The van der Waals surface area contributed by atoms with Gasteiger partial charge in [-0.25, -0.2) is 0 Å². The van der Waals surface area contributed by atoms with Crippen LogP contribution in [0.5, 0.6) is 11.5 Å². The smallest absolute Gasteiger partial charge is 0.122 e. The minimum atomic E-state index is 0.376. The minimum Gasteiger partial charge on any atom is -0.497 e. The minimum absolute atomic E-state index is 0.376. The van der Waals surface area contributed by atoms with E-state index in [0.717, 1.165) is 17.4 Å². The molecule has 0 saturated heterocycles. The first-order valence-electron chi connectivity index (χ1n) is 7.09. The fourth-order valence-electron chi connectivity index (χ4n) is 3.31. The second kappa shape index (κ2) is 6.29. The average Bonchev–Trinajstić information content (AvgIpc) is 2.85. The van der Waals surface area contributed by atoms with Crippen molar-refractivity contribution in [2.45, 2.75) is 32.2 Å². The zero-order valence-electron chi connectivity index (χ0n) is 12.4. The second-order valence-electron chi connectivity index (χ2n) is 5.48. The van der Waals surface area contributed by atoms with Crippen LogP contribution in [0.15, 0.2) is 18.2 Å². The topological polar surface area (TPSA) is 30.5 Å². The molecule has 3 atom stereocenters. The van der Waals surface area contributed by atoms with Gasteiger partial charge in [-0.1, -0.05) is 19.8 Å². The standard InChI is InChI=1S/C16H25NO2/c1-11-6-5-7-15(11)16(17-2)12-8-13(18-3)10-14(9-12)19-4/h8-11,15-17H,5-7H2,1-4H3. The number of nitrogens with one attached hydrogen (secondary N) is 1. The highest BCUT2D eigenvalue weighted by molar-refractivity contribution is 5.40. The Morgan fingerprint density at radius 1 is 1.11 bits per heavy atom. The lowest BCUT2D eigenvalue weighted by molar-refractivity contribution is 0.313. The normalized spacial score (nSPS) is 24.2. The van der Waals surface area contributed by atoms with E-state index in [1.165, 1.54) is 24.8 Å². The van der Waals surface area contributed by atoms with Gasteiger partial charge in [0.1, 0.15) is 11.5 Å². The summed E-state index contributed by atoms with van der Waals surface area (Å²) in [7, 11) is 5.44. The number of methoxy groups -OCH3 is 2. The number of benzene rings is 1. The monoisotopic (exact) mass is 263 g/mol. The molecule has 1 fully saturated rings. The van der Waals surface area contributed by atoms with Crippen LogP contribution in [0.2, 0.25) is 0 Å². The summed E-state index contributed by atoms with van der Waals surface area (Å²) >= 11 is 0. The summed E-state index contributed by atoms with van der Waals surface area (Å²) in [5.41, 5.74) is 1.26. The van der Waals surface area contributed by atoms with Gasteiger partial charge in [-0.05, 0) is 43.0 Å². The van der Waals surface area contributed by atoms with E-state index in [1.807, 2.05) is 13.1 Å². The molecular formula is C16H25NO2. The quantitative estimate of drug-likeness (QED) is 0.883. The molecule has 3 nitrogen and oxygen atoms in total. The summed E-state index contributed by atoms with van der Waals surface area (Å²) in [6, 6.07) is 6.54. The highest BCUT2D eigenvalue weighted by Crippen LogP contribution is 2.41. The van der Waals surface area contributed by atoms with E-state index in [4.69, 9.17) is 9.47 Å². The Morgan fingerprint density at radius 2 is 1.74 bits per heavy atom. The van der Waals surface area contributed by atoms with E-state index in [0.29, 0.717) is 12.0 Å². The van der Waals surface area contributed by atoms with Gasteiger partial charge in [0.2, 0.25) is 0 Å². The van der Waals surface area contributed by atoms with Crippen molar-refractivity contribution in [2.75, 3.05) is 21.3 Å². The van der Waals surface area contributed by atoms with Crippen LogP contribution in [-0.2, 0) is 0 Å². The first kappa shape index (κ1) is 14.2. The maximum Gasteiger partial charge on any atom is 0.122 e. The van der Waals surface area contributed by atoms with Gasteiger partial charge in [-0.2, -0.15) is 0 Å². The van der Waals surface area contributed by atoms with Gasteiger partial charge < -0.3 is 14.8 Å². The molecule has 106 valence electrons. The third kappa shape index (κ3) is 3.03. The lowest BCUT2D eigenvalue weighted by atomic mass is 9.86. The Hall–Kier alpha value is -1.22. The van der Waals surface area contributed by atoms with Gasteiger partial charge in [-0.3, -0.25) is 0 Å². The van der Waals surface area contributed by atoms with Gasteiger partial charge in [0, 0.05) is 12.1 Å². The Balaban J connectivity index is 2.31. The second-order valence-corrected chi connectivity index (χ2v) is 5.48. The number of hydrogen-bond donors (Lipinski definition) is 1. The first-order valence-corrected chi connectivity index (χ1v) is 7.09. The van der Waals surface area contributed by atoms with Crippen LogP contribution in [0.4, 0.5) is 0 Å². The Labute approximate surface area is 116 Å². The van der Waals surface area contributed by atoms with Crippen LogP contribution < -0.4 is 14.8 Å². The van der Waals surface area contributed by atoms with Crippen molar-refractivity contribution in [3.63, 3.8) is 0 Å². The van der Waals surface area contributed by atoms with Crippen LogP contribution in [0.3, 0.4) is 0 Å².